The van der Waals surface area contributed by atoms with E-state index < -0.39 is 0 Å². The summed E-state index contributed by atoms with van der Waals surface area (Å²) in [7, 11) is 0. The van der Waals surface area contributed by atoms with Crippen LogP contribution < -0.4 is 0 Å². The highest BCUT2D eigenvalue weighted by Gasteiger charge is 2.02. The lowest BCUT2D eigenvalue weighted by atomic mass is 10.1. The average Bonchev–Trinajstić information content (AvgIpc) is 2.15. The molecule has 80 valence electrons. The van der Waals surface area contributed by atoms with Gasteiger partial charge >= 0.3 is 0 Å². The van der Waals surface area contributed by atoms with Crippen molar-refractivity contribution in [2.24, 2.45) is 4.99 Å². The van der Waals surface area contributed by atoms with Gasteiger partial charge in [0.05, 0.1) is 11.2 Å². The van der Waals surface area contributed by atoms with Crippen molar-refractivity contribution in [3.8, 4) is 0 Å². The number of carbonyl (C=O) groups is 1. The zero-order chi connectivity index (χ0) is 11.1. The molecule has 15 heavy (non-hydrogen) atoms. The van der Waals surface area contributed by atoms with Gasteiger partial charge in [-0.2, -0.15) is 0 Å². The zero-order valence-corrected chi connectivity index (χ0v) is 9.88. The Hall–Kier alpha value is -1.09. The first kappa shape index (κ1) is 12.0. The van der Waals surface area contributed by atoms with Gasteiger partial charge in [0, 0.05) is 5.57 Å². The summed E-state index contributed by atoms with van der Waals surface area (Å²) in [6.45, 7) is 1.59. The highest BCUT2D eigenvalue weighted by molar-refractivity contribution is 8.11. The Balaban J connectivity index is 2.94. The number of Topliss-reactive ketones (excluding diaryl/α,β-unsaturated/α-hetero) is 1. The number of carbonyl (C=O) groups excluding carboxylic acids is 1. The monoisotopic (exact) mass is 221 g/mol. The van der Waals surface area contributed by atoms with Crippen LogP contribution in [0.4, 0.5) is 0 Å². The van der Waals surface area contributed by atoms with Gasteiger partial charge in [-0.1, -0.05) is 12.2 Å². The van der Waals surface area contributed by atoms with E-state index >= 15 is 0 Å². The summed E-state index contributed by atoms with van der Waals surface area (Å²) in [5, 5.41) is 0. The minimum atomic E-state index is 0.0992. The fraction of sp³-hybridized carbons (Fsp3) is 0.333. The van der Waals surface area contributed by atoms with E-state index in [1.807, 2.05) is 24.5 Å². The van der Waals surface area contributed by atoms with Crippen molar-refractivity contribution in [1.29, 1.82) is 0 Å². The van der Waals surface area contributed by atoms with Crippen molar-refractivity contribution in [2.75, 3.05) is 6.26 Å². The van der Waals surface area contributed by atoms with Gasteiger partial charge < -0.3 is 0 Å². The van der Waals surface area contributed by atoms with Crippen LogP contribution in [-0.4, -0.2) is 17.6 Å². The third-order valence-electron chi connectivity index (χ3n) is 2.00. The lowest BCUT2D eigenvalue weighted by molar-refractivity contribution is -0.113. The van der Waals surface area contributed by atoms with Crippen molar-refractivity contribution >= 4 is 23.1 Å². The molecule has 0 radical (unpaired) electrons. The maximum absolute atomic E-state index is 11.3. The van der Waals surface area contributed by atoms with Crippen molar-refractivity contribution in [3.05, 3.63) is 35.6 Å². The van der Waals surface area contributed by atoms with E-state index in [1.54, 1.807) is 24.2 Å². The fourth-order valence-corrected chi connectivity index (χ4v) is 1.47. The van der Waals surface area contributed by atoms with Crippen molar-refractivity contribution in [1.82, 2.24) is 0 Å². The maximum atomic E-state index is 11.3. The molecule has 0 bridgehead atoms. The SMILES string of the molecule is CSC=N/C1=C/C(C(C)=O)=C\CCC=C1. The van der Waals surface area contributed by atoms with E-state index in [0.717, 1.165) is 24.1 Å². The Bertz CT molecular complexity index is 351. The standard InChI is InChI=1S/C12H15NOS/c1-10(14)11-6-4-3-5-7-12(8-11)13-9-15-2/h5-9H,3-4H2,1-2H3/b7-5?,11-6+,12-8+,13-9?. The molecule has 0 N–H and O–H groups in total. The van der Waals surface area contributed by atoms with Crippen LogP contribution >= 0.6 is 11.8 Å². The molecule has 0 heterocycles. The lowest BCUT2D eigenvalue weighted by Gasteiger charge is -2.02. The van der Waals surface area contributed by atoms with E-state index in [4.69, 9.17) is 0 Å². The largest absolute Gasteiger partial charge is 0.295 e. The Morgan fingerprint density at radius 2 is 2.33 bits per heavy atom. The van der Waals surface area contributed by atoms with Gasteiger partial charge in [-0.25, -0.2) is 0 Å². The second-order valence-electron chi connectivity index (χ2n) is 3.23. The molecule has 1 rings (SSSR count). The molecular formula is C12H15NOS. The molecule has 0 amide bonds. The number of hydrogen-bond acceptors (Lipinski definition) is 3. The van der Waals surface area contributed by atoms with Crippen molar-refractivity contribution in [3.63, 3.8) is 0 Å². The van der Waals surface area contributed by atoms with Crippen LogP contribution in [0.3, 0.4) is 0 Å². The minimum absolute atomic E-state index is 0.0992. The normalized spacial score (nSPS) is 23.9. The summed E-state index contributed by atoms with van der Waals surface area (Å²) in [6.07, 6.45) is 11.7. The second-order valence-corrected chi connectivity index (χ2v) is 3.92. The topological polar surface area (TPSA) is 29.4 Å². The van der Waals surface area contributed by atoms with Crippen LogP contribution in [0.2, 0.25) is 0 Å². The summed E-state index contributed by atoms with van der Waals surface area (Å²) in [5.74, 6) is 0.0992. The molecule has 0 aromatic carbocycles. The van der Waals surface area contributed by atoms with Gasteiger partial charge in [-0.3, -0.25) is 9.79 Å². The summed E-state index contributed by atoms with van der Waals surface area (Å²) in [6, 6.07) is 0. The zero-order valence-electron chi connectivity index (χ0n) is 9.06. The Labute approximate surface area is 94.9 Å². The molecule has 0 unspecified atom stereocenters. The number of thioether (sulfide) groups is 1. The molecule has 1 aliphatic rings. The first-order valence-electron chi connectivity index (χ1n) is 4.88. The highest BCUT2D eigenvalue weighted by Crippen LogP contribution is 2.13. The van der Waals surface area contributed by atoms with Crippen LogP contribution in [0.25, 0.3) is 0 Å². The molecule has 0 aliphatic heterocycles. The average molecular weight is 221 g/mol. The van der Waals surface area contributed by atoms with Crippen LogP contribution in [0, 0.1) is 0 Å². The maximum Gasteiger partial charge on any atom is 0.159 e. The molecule has 3 heteroatoms. The van der Waals surface area contributed by atoms with E-state index in [1.165, 1.54) is 0 Å². The van der Waals surface area contributed by atoms with Crippen LogP contribution in [0.1, 0.15) is 19.8 Å². The van der Waals surface area contributed by atoms with Crippen molar-refractivity contribution < 1.29 is 4.79 Å². The molecule has 0 aromatic heterocycles. The summed E-state index contributed by atoms with van der Waals surface area (Å²) < 4.78 is 0. The number of rotatable bonds is 3. The Kier molecular flexibility index (Phi) is 5.12. The molecule has 0 aromatic rings. The van der Waals surface area contributed by atoms with Crippen molar-refractivity contribution in [2.45, 2.75) is 19.8 Å². The van der Waals surface area contributed by atoms with Crippen LogP contribution in [0.5, 0.6) is 0 Å². The third kappa shape index (κ3) is 4.30. The number of nitrogens with zero attached hydrogens (tertiary/aromatic N) is 1. The predicted molar refractivity (Wildman–Crippen MR) is 67.2 cm³/mol. The molecule has 2 nitrogen and oxygen atoms in total. The lowest BCUT2D eigenvalue weighted by Crippen LogP contribution is -1.95. The molecular weight excluding hydrogens is 206 g/mol. The smallest absolute Gasteiger partial charge is 0.159 e. The Morgan fingerprint density at radius 1 is 1.53 bits per heavy atom. The van der Waals surface area contributed by atoms with Gasteiger partial charge in [0.2, 0.25) is 0 Å². The molecule has 0 saturated carbocycles. The summed E-state index contributed by atoms with van der Waals surface area (Å²) in [4.78, 5) is 15.5. The van der Waals surface area contributed by atoms with Gasteiger partial charge in [-0.05, 0) is 38.2 Å². The number of aliphatic imine (C=N–C) groups is 1. The van der Waals surface area contributed by atoms with Gasteiger partial charge in [0.1, 0.15) is 0 Å². The molecule has 0 atom stereocenters. The first-order chi connectivity index (χ1) is 7.24. The van der Waals surface area contributed by atoms with Gasteiger partial charge in [0.25, 0.3) is 0 Å². The number of ketones is 1. The highest BCUT2D eigenvalue weighted by atomic mass is 32.2. The van der Waals surface area contributed by atoms with Gasteiger partial charge in [-0.15, -0.1) is 11.8 Å². The predicted octanol–water partition coefficient (Wildman–Crippen LogP) is 3.13. The van der Waals surface area contributed by atoms with E-state index in [9.17, 15) is 4.79 Å². The van der Waals surface area contributed by atoms with E-state index in [2.05, 4.69) is 11.1 Å². The molecule has 0 saturated heterocycles. The minimum Gasteiger partial charge on any atom is -0.295 e. The first-order valence-corrected chi connectivity index (χ1v) is 6.17. The third-order valence-corrected chi connectivity index (χ3v) is 2.32. The number of hydrogen-bond donors (Lipinski definition) is 0. The second kappa shape index (κ2) is 6.40. The molecule has 1 aliphatic carbocycles. The summed E-state index contributed by atoms with van der Waals surface area (Å²) >= 11 is 1.55. The van der Waals surface area contributed by atoms with Crippen LogP contribution in [-0.2, 0) is 4.79 Å². The fourth-order valence-electron chi connectivity index (χ4n) is 1.24. The quantitative estimate of drug-likeness (QED) is 0.541. The Morgan fingerprint density at radius 3 is 3.00 bits per heavy atom. The van der Waals surface area contributed by atoms with E-state index in [0.29, 0.717) is 0 Å². The van der Waals surface area contributed by atoms with Gasteiger partial charge in [0.15, 0.2) is 5.78 Å². The molecule has 0 spiro atoms. The molecule has 0 fully saturated rings. The van der Waals surface area contributed by atoms with E-state index in [-0.39, 0.29) is 5.78 Å². The number of allylic oxidation sites excluding steroid dienone is 5. The van der Waals surface area contributed by atoms with Crippen LogP contribution in [0.15, 0.2) is 40.6 Å². The summed E-state index contributed by atoms with van der Waals surface area (Å²) in [5.41, 5.74) is 3.37.